The van der Waals surface area contributed by atoms with Gasteiger partial charge in [-0.3, -0.25) is 19.2 Å². The maximum atomic E-state index is 13.0. The van der Waals surface area contributed by atoms with Crippen molar-refractivity contribution in [2.24, 2.45) is 0 Å². The number of esters is 4. The molecule has 530 valence electrons. The van der Waals surface area contributed by atoms with Crippen LogP contribution in [-0.2, 0) is 73.0 Å². The molecule has 0 saturated heterocycles. The van der Waals surface area contributed by atoms with Gasteiger partial charge >= 0.3 is 23.9 Å². The summed E-state index contributed by atoms with van der Waals surface area (Å²) >= 11 is 0. The summed E-state index contributed by atoms with van der Waals surface area (Å²) < 4.78 is 21.5. The second kappa shape index (κ2) is 28.6. The summed E-state index contributed by atoms with van der Waals surface area (Å²) in [5, 5.41) is 21.4. The van der Waals surface area contributed by atoms with E-state index in [4.69, 9.17) is 59.1 Å². The van der Waals surface area contributed by atoms with Gasteiger partial charge in [-0.1, -0.05) is 229 Å². The number of aromatic amines is 2. The van der Waals surface area contributed by atoms with Crippen LogP contribution in [0.25, 0.3) is 134 Å². The van der Waals surface area contributed by atoms with Gasteiger partial charge < -0.3 is 39.1 Å². The van der Waals surface area contributed by atoms with Crippen LogP contribution in [0.4, 0.5) is 0 Å². The lowest BCUT2D eigenvalue weighted by Crippen LogP contribution is -2.16. The fraction of sp³-hybridized carbons (Fsp3) is 0.302. The largest absolute Gasteiger partial charge is 0.465 e. The second-order valence-electron chi connectivity index (χ2n) is 30.8. The first-order chi connectivity index (χ1) is 49.6. The molecule has 0 fully saturated rings. The van der Waals surface area contributed by atoms with Crippen molar-refractivity contribution < 1.29 is 48.3 Å². The number of H-pyrrole nitrogens is 2. The summed E-state index contributed by atoms with van der Waals surface area (Å²) in [5.74, 6) is -1.44. The average molecular weight is 1390 g/mol. The van der Waals surface area contributed by atoms with Crippen molar-refractivity contribution in [3.63, 3.8) is 0 Å². The van der Waals surface area contributed by atoms with Gasteiger partial charge in [0.1, 0.15) is 48.6 Å². The molecule has 104 heavy (non-hydrogen) atoms. The Morgan fingerprint density at radius 1 is 0.346 bits per heavy atom. The fourth-order valence-corrected chi connectivity index (χ4v) is 13.2. The van der Waals surface area contributed by atoms with Gasteiger partial charge in [0, 0.05) is 69.9 Å². The van der Waals surface area contributed by atoms with Crippen molar-refractivity contribution >= 4 is 68.0 Å². The number of aliphatic hydroxyl groups is 2. The van der Waals surface area contributed by atoms with Crippen LogP contribution in [0.1, 0.15) is 142 Å². The molecule has 18 heteroatoms. The number of hydrogen-bond donors (Lipinski definition) is 4. The molecule has 0 atom stereocenters. The van der Waals surface area contributed by atoms with Gasteiger partial charge in [-0.25, -0.2) is 29.9 Å². The molecule has 11 aromatic rings. The lowest BCUT2D eigenvalue weighted by molar-refractivity contribution is -0.157. The molecule has 8 aromatic carbocycles. The van der Waals surface area contributed by atoms with Gasteiger partial charge in [0.2, 0.25) is 0 Å². The smallest absolute Gasteiger partial charge is 0.317 e. The summed E-state index contributed by atoms with van der Waals surface area (Å²) in [6.45, 7) is 26.3. The molecule has 0 saturated carbocycles. The van der Waals surface area contributed by atoms with E-state index >= 15 is 0 Å². The van der Waals surface area contributed by atoms with Gasteiger partial charge in [0.15, 0.2) is 23.3 Å². The van der Waals surface area contributed by atoms with E-state index in [-0.39, 0.29) is 74.1 Å². The van der Waals surface area contributed by atoms with Crippen molar-refractivity contribution in [3.8, 4) is 90.1 Å². The molecule has 8 bridgehead atoms. The van der Waals surface area contributed by atoms with Crippen molar-refractivity contribution in [1.82, 2.24) is 39.9 Å². The predicted molar refractivity (Wildman–Crippen MR) is 407 cm³/mol. The third kappa shape index (κ3) is 15.1. The van der Waals surface area contributed by atoms with Crippen molar-refractivity contribution in [2.45, 2.75) is 144 Å². The van der Waals surface area contributed by atoms with Gasteiger partial charge in [0.25, 0.3) is 0 Å². The minimum atomic E-state index is -0.751. The molecule has 0 spiro atoms. The number of rotatable bonds is 18. The number of hydrogen-bond acceptors (Lipinski definition) is 16. The van der Waals surface area contributed by atoms with E-state index in [9.17, 15) is 19.2 Å². The minimum absolute atomic E-state index is 0.00968. The van der Waals surface area contributed by atoms with Crippen LogP contribution in [0.3, 0.4) is 0 Å². The standard InChI is InChI=1S/C86H86N8O10/c1-83(2,3)55-39-53(40-56(43-55)84(4,5)6)61-27-17-31-65-73(61)82-92-77(65)90-80-71-59(51-23-13-21-49(37-51)47-103-69(99)45-67(97)101-35-19-33-95)25-15-29-63(71)75(88-80)87-79-72-60(52-24-14-22-50(38-52)48-104-70(100)46-68(98)102-36-20-34-96)26-16-30-64(72)76(89-79)91-81-74-62(28-18-32-66(74)78(93-81)94-82)54-41-57(85(7,8)9)44-58(42-54)86(10,11)12/h13-18,21-32,37-44,95-96H,19-20,33-36,45-48H2,1-12H3,(H2,87,88,89,90,91,92,93,94). The highest BCUT2D eigenvalue weighted by Crippen LogP contribution is 2.47. The van der Waals surface area contributed by atoms with Crippen molar-refractivity contribution in [3.05, 3.63) is 191 Å². The number of carbonyl (C=O) groups excluding carboxylic acids is 4. The Balaban J connectivity index is 1.09. The lowest BCUT2D eigenvalue weighted by atomic mass is 9.78. The SMILES string of the molecule is CC(C)(C)c1cc(-c2cccc3c2-c2nc-3nc3[nH]c(nc4nc(nc5[nH]c(n2)c2cccc(-c6cc(C(C)(C)C)cc(C(C)(C)C)c6)c52)-c2cccc(-c5cccc(COC(=O)CC(=O)OCCCO)c5)c2-4)c2cccc(-c4cccc(COC(=O)CC(=O)OCCCO)c4)c32)cc(C(C)(C)C)c1. The molecular weight excluding hydrogens is 1300 g/mol. The first-order valence-electron chi connectivity index (χ1n) is 35.3. The molecule has 0 amide bonds. The molecule has 2 aliphatic heterocycles. The zero-order chi connectivity index (χ0) is 73.6. The van der Waals surface area contributed by atoms with Crippen LogP contribution in [0.15, 0.2) is 158 Å². The zero-order valence-electron chi connectivity index (χ0n) is 60.9. The number of aromatic nitrogens is 8. The van der Waals surface area contributed by atoms with Crippen LogP contribution in [0.2, 0.25) is 0 Å². The Kier molecular flexibility index (Phi) is 19.6. The lowest BCUT2D eigenvalue weighted by Gasteiger charge is -2.26. The molecule has 2 aliphatic rings. The fourth-order valence-electron chi connectivity index (χ4n) is 13.2. The third-order valence-electron chi connectivity index (χ3n) is 18.9. The van der Waals surface area contributed by atoms with Crippen LogP contribution in [0, 0.1) is 0 Å². The maximum Gasteiger partial charge on any atom is 0.317 e. The van der Waals surface area contributed by atoms with Crippen LogP contribution < -0.4 is 0 Å². The number of fused-ring (bicyclic) bond motifs is 20. The Hall–Kier alpha value is -11.1. The monoisotopic (exact) mass is 1390 g/mol. The van der Waals surface area contributed by atoms with E-state index < -0.39 is 36.7 Å². The number of carbonyl (C=O) groups is 4. The molecular formula is C86H86N8O10. The summed E-state index contributed by atoms with van der Waals surface area (Å²) in [6, 6.07) is 53.5. The number of nitrogens with one attached hydrogen (secondary N) is 2. The minimum Gasteiger partial charge on any atom is -0.465 e. The van der Waals surface area contributed by atoms with Crippen LogP contribution >= 0.6 is 0 Å². The van der Waals surface area contributed by atoms with E-state index in [0.29, 0.717) is 78.9 Å². The van der Waals surface area contributed by atoms with E-state index in [1.807, 2.05) is 91.0 Å². The van der Waals surface area contributed by atoms with E-state index in [0.717, 1.165) is 66.4 Å². The highest BCUT2D eigenvalue weighted by molar-refractivity contribution is 6.14. The molecule has 0 unspecified atom stereocenters. The summed E-state index contributed by atoms with van der Waals surface area (Å²) in [4.78, 5) is 92.0. The van der Waals surface area contributed by atoms with Gasteiger partial charge in [-0.2, -0.15) is 0 Å². The topological polar surface area (TPSA) is 255 Å². The average Bonchev–Trinajstić information content (AvgIpc) is 1.64. The highest BCUT2D eigenvalue weighted by Gasteiger charge is 2.31. The Morgan fingerprint density at radius 3 is 1.08 bits per heavy atom. The second-order valence-corrected chi connectivity index (χ2v) is 30.8. The molecule has 0 radical (unpaired) electrons. The number of aliphatic hydroxyl groups excluding tert-OH is 2. The maximum absolute atomic E-state index is 13.0. The van der Waals surface area contributed by atoms with Gasteiger partial charge in [-0.15, -0.1) is 0 Å². The number of nitrogens with zero attached hydrogens (tertiary/aromatic N) is 6. The van der Waals surface area contributed by atoms with Gasteiger partial charge in [-0.05, 0) is 112 Å². The molecule has 4 N–H and O–H groups in total. The Bertz CT molecular complexity index is 5350. The molecule has 5 heterocycles. The zero-order valence-corrected chi connectivity index (χ0v) is 60.9. The number of ether oxygens (including phenoxy) is 4. The quantitative estimate of drug-likeness (QED) is 0.0270. The van der Waals surface area contributed by atoms with Crippen molar-refractivity contribution in [2.75, 3.05) is 26.4 Å². The normalized spacial score (nSPS) is 12.3. The molecule has 18 nitrogen and oxygen atoms in total. The summed E-state index contributed by atoms with van der Waals surface area (Å²) in [6.07, 6.45) is -0.646. The van der Waals surface area contributed by atoms with Crippen LogP contribution in [0.5, 0.6) is 0 Å². The summed E-state index contributed by atoms with van der Waals surface area (Å²) in [5.41, 5.74) is 17.1. The van der Waals surface area contributed by atoms with E-state index in [1.54, 1.807) is 0 Å². The highest BCUT2D eigenvalue weighted by atomic mass is 16.6. The van der Waals surface area contributed by atoms with E-state index in [1.165, 1.54) is 22.3 Å². The first-order valence-corrected chi connectivity index (χ1v) is 35.3. The Labute approximate surface area is 604 Å². The van der Waals surface area contributed by atoms with Crippen molar-refractivity contribution in [1.29, 1.82) is 0 Å². The third-order valence-corrected chi connectivity index (χ3v) is 18.9. The van der Waals surface area contributed by atoms with Gasteiger partial charge in [0.05, 0.1) is 13.2 Å². The summed E-state index contributed by atoms with van der Waals surface area (Å²) in [7, 11) is 0. The molecule has 13 rings (SSSR count). The molecule has 3 aromatic heterocycles. The molecule has 0 aliphatic carbocycles. The number of benzene rings is 8. The Morgan fingerprint density at radius 2 is 0.673 bits per heavy atom. The van der Waals surface area contributed by atoms with Crippen LogP contribution in [-0.4, -0.2) is 100 Å². The first kappa shape index (κ1) is 71.3. The predicted octanol–water partition coefficient (Wildman–Crippen LogP) is 17.4. The van der Waals surface area contributed by atoms with E-state index in [2.05, 4.69) is 160 Å².